The Morgan fingerprint density at radius 2 is 1.74 bits per heavy atom. The van der Waals surface area contributed by atoms with Crippen LogP contribution in [0.25, 0.3) is 10.2 Å². The minimum atomic E-state index is -0.0144. The number of likely N-dealkylation sites (tertiary alicyclic amines) is 1. The van der Waals surface area contributed by atoms with E-state index in [1.165, 1.54) is 11.3 Å². The van der Waals surface area contributed by atoms with E-state index in [-0.39, 0.29) is 18.6 Å². The quantitative estimate of drug-likeness (QED) is 0.522. The number of fused-ring (bicyclic) bond motifs is 1. The van der Waals surface area contributed by atoms with Gasteiger partial charge in [-0.3, -0.25) is 4.79 Å². The molecule has 0 unspecified atom stereocenters. The second-order valence-electron chi connectivity index (χ2n) is 7.20. The third kappa shape index (κ3) is 5.38. The molecule has 8 heteroatoms. The van der Waals surface area contributed by atoms with E-state index in [4.69, 9.17) is 18.9 Å². The van der Waals surface area contributed by atoms with Crippen LogP contribution in [-0.4, -0.2) is 55.3 Å². The lowest BCUT2D eigenvalue weighted by atomic mass is 10.1. The molecule has 1 saturated heterocycles. The number of hydrogen-bond donors (Lipinski definition) is 0. The Labute approximate surface area is 185 Å². The molecule has 164 valence electrons. The highest BCUT2D eigenvalue weighted by Gasteiger charge is 2.25. The molecule has 7 nitrogen and oxygen atoms in total. The minimum Gasteiger partial charge on any atom is -0.497 e. The van der Waals surface area contributed by atoms with E-state index >= 15 is 0 Å². The summed E-state index contributed by atoms with van der Waals surface area (Å²) >= 11 is 1.53. The van der Waals surface area contributed by atoms with Gasteiger partial charge < -0.3 is 23.8 Å². The number of amides is 1. The molecular formula is C23H26N2O5S. The summed E-state index contributed by atoms with van der Waals surface area (Å²) in [7, 11) is 1.64. The lowest BCUT2D eigenvalue weighted by molar-refractivity contribution is -0.135. The van der Waals surface area contributed by atoms with Crippen molar-refractivity contribution in [3.63, 3.8) is 0 Å². The third-order valence-electron chi connectivity index (χ3n) is 5.13. The smallest absolute Gasteiger partial charge is 0.274 e. The predicted molar refractivity (Wildman–Crippen MR) is 120 cm³/mol. The Balaban J connectivity index is 1.24. The van der Waals surface area contributed by atoms with E-state index in [2.05, 4.69) is 4.98 Å². The Kier molecular flexibility index (Phi) is 6.76. The maximum atomic E-state index is 12.5. The van der Waals surface area contributed by atoms with Crippen LogP contribution < -0.4 is 18.9 Å². The van der Waals surface area contributed by atoms with Crippen LogP contribution in [0.3, 0.4) is 0 Å². The number of methoxy groups -OCH3 is 1. The molecule has 0 N–H and O–H groups in total. The number of carbonyl (C=O) groups is 1. The third-order valence-corrected chi connectivity index (χ3v) is 6.06. The Hall–Kier alpha value is -3.00. The van der Waals surface area contributed by atoms with Crippen molar-refractivity contribution in [1.29, 1.82) is 0 Å². The maximum Gasteiger partial charge on any atom is 0.274 e. The summed E-state index contributed by atoms with van der Waals surface area (Å²) in [6.07, 6.45) is 1.60. The number of rotatable bonds is 8. The van der Waals surface area contributed by atoms with Gasteiger partial charge in [-0.15, -0.1) is 0 Å². The zero-order valence-corrected chi connectivity index (χ0v) is 18.5. The molecule has 1 amide bonds. The van der Waals surface area contributed by atoms with Crippen molar-refractivity contribution in [2.45, 2.75) is 25.9 Å². The highest BCUT2D eigenvalue weighted by atomic mass is 32.1. The molecule has 1 aliphatic heterocycles. The molecule has 0 aliphatic carbocycles. The van der Waals surface area contributed by atoms with E-state index in [0.29, 0.717) is 30.6 Å². The molecule has 0 bridgehead atoms. The van der Waals surface area contributed by atoms with E-state index < -0.39 is 0 Å². The van der Waals surface area contributed by atoms with Crippen molar-refractivity contribution < 1.29 is 23.7 Å². The average Bonchev–Trinajstić information content (AvgIpc) is 3.20. The van der Waals surface area contributed by atoms with Gasteiger partial charge in [0, 0.05) is 32.0 Å². The fraction of sp³-hybridized carbons (Fsp3) is 0.391. The number of ether oxygens (including phenoxy) is 4. The van der Waals surface area contributed by atoms with Gasteiger partial charge >= 0.3 is 0 Å². The molecule has 0 saturated carbocycles. The van der Waals surface area contributed by atoms with Crippen LogP contribution in [-0.2, 0) is 4.79 Å². The molecular weight excluding hydrogens is 416 g/mol. The van der Waals surface area contributed by atoms with E-state index in [1.54, 1.807) is 7.11 Å². The molecule has 0 spiro atoms. The van der Waals surface area contributed by atoms with Gasteiger partial charge in [0.05, 0.1) is 23.9 Å². The van der Waals surface area contributed by atoms with Crippen molar-refractivity contribution in [2.75, 3.05) is 33.4 Å². The Bertz CT molecular complexity index is 1010. The number of nitrogens with zero attached hydrogens (tertiary/aromatic N) is 2. The first-order valence-electron chi connectivity index (χ1n) is 10.4. The normalized spacial score (nSPS) is 14.5. The van der Waals surface area contributed by atoms with Crippen LogP contribution in [0.15, 0.2) is 42.5 Å². The summed E-state index contributed by atoms with van der Waals surface area (Å²) in [4.78, 5) is 18.9. The largest absolute Gasteiger partial charge is 0.497 e. The summed E-state index contributed by atoms with van der Waals surface area (Å²) < 4.78 is 23.4. The number of aromatic nitrogens is 1. The van der Waals surface area contributed by atoms with Crippen LogP contribution in [0.2, 0.25) is 0 Å². The van der Waals surface area contributed by atoms with Crippen molar-refractivity contribution in [2.24, 2.45) is 0 Å². The SMILES string of the molecule is CCOc1ccc(OCC(=O)N2CCC(Oc3nc4cc(OC)ccc4s3)CC2)cc1. The first-order chi connectivity index (χ1) is 15.1. The average molecular weight is 443 g/mol. The van der Waals surface area contributed by atoms with Gasteiger partial charge in [-0.25, -0.2) is 4.98 Å². The molecule has 1 aliphatic rings. The van der Waals surface area contributed by atoms with Gasteiger partial charge in [0.2, 0.25) is 0 Å². The standard InChI is InChI=1S/C23H26N2O5S/c1-3-28-16-4-6-17(7-5-16)29-15-22(26)25-12-10-18(11-13-25)30-23-24-20-14-19(27-2)8-9-21(20)31-23/h4-9,14,18H,3,10-13,15H2,1-2H3. The van der Waals surface area contributed by atoms with Crippen molar-refractivity contribution in [1.82, 2.24) is 9.88 Å². The summed E-state index contributed by atoms with van der Waals surface area (Å²) in [5.41, 5.74) is 0.874. The predicted octanol–water partition coefficient (Wildman–Crippen LogP) is 4.15. The molecule has 0 atom stereocenters. The molecule has 1 aromatic heterocycles. The lowest BCUT2D eigenvalue weighted by Crippen LogP contribution is -2.43. The van der Waals surface area contributed by atoms with Crippen molar-refractivity contribution in [3.8, 4) is 22.4 Å². The second kappa shape index (κ2) is 9.87. The van der Waals surface area contributed by atoms with Crippen molar-refractivity contribution >= 4 is 27.5 Å². The van der Waals surface area contributed by atoms with Crippen molar-refractivity contribution in [3.05, 3.63) is 42.5 Å². The number of hydrogen-bond acceptors (Lipinski definition) is 7. The molecule has 4 rings (SSSR count). The first-order valence-corrected chi connectivity index (χ1v) is 11.2. The zero-order valence-electron chi connectivity index (χ0n) is 17.7. The molecule has 0 radical (unpaired) electrons. The van der Waals surface area contributed by atoms with Crippen LogP contribution in [0, 0.1) is 0 Å². The Morgan fingerprint density at radius 3 is 2.42 bits per heavy atom. The van der Waals surface area contributed by atoms with E-state index in [1.807, 2.05) is 54.3 Å². The fourth-order valence-electron chi connectivity index (χ4n) is 3.46. The first kappa shape index (κ1) is 21.2. The monoisotopic (exact) mass is 442 g/mol. The van der Waals surface area contributed by atoms with Gasteiger partial charge in [0.15, 0.2) is 6.61 Å². The van der Waals surface area contributed by atoms with Gasteiger partial charge in [0.25, 0.3) is 11.1 Å². The van der Waals surface area contributed by atoms with Crippen LogP contribution in [0.1, 0.15) is 19.8 Å². The number of thiazole rings is 1. The van der Waals surface area contributed by atoms with Gasteiger partial charge in [0.1, 0.15) is 23.4 Å². The number of carbonyl (C=O) groups excluding carboxylic acids is 1. The maximum absolute atomic E-state index is 12.5. The second-order valence-corrected chi connectivity index (χ2v) is 8.20. The zero-order chi connectivity index (χ0) is 21.6. The number of piperidine rings is 1. The summed E-state index contributed by atoms with van der Waals surface area (Å²) in [5, 5.41) is 0.659. The highest BCUT2D eigenvalue weighted by molar-refractivity contribution is 7.20. The minimum absolute atomic E-state index is 0.0144. The molecule has 2 heterocycles. The lowest BCUT2D eigenvalue weighted by Gasteiger charge is -2.31. The van der Waals surface area contributed by atoms with Crippen LogP contribution in [0.5, 0.6) is 22.4 Å². The van der Waals surface area contributed by atoms with Gasteiger partial charge in [-0.1, -0.05) is 11.3 Å². The van der Waals surface area contributed by atoms with Gasteiger partial charge in [-0.2, -0.15) is 0 Å². The van der Waals surface area contributed by atoms with Gasteiger partial charge in [-0.05, 0) is 43.3 Å². The highest BCUT2D eigenvalue weighted by Crippen LogP contribution is 2.32. The van der Waals surface area contributed by atoms with E-state index in [0.717, 1.165) is 34.6 Å². The van der Waals surface area contributed by atoms with Crippen LogP contribution >= 0.6 is 11.3 Å². The molecule has 1 fully saturated rings. The summed E-state index contributed by atoms with van der Waals surface area (Å²) in [6, 6.07) is 13.1. The van der Waals surface area contributed by atoms with Crippen LogP contribution in [0.4, 0.5) is 0 Å². The topological polar surface area (TPSA) is 70.1 Å². The molecule has 2 aromatic carbocycles. The van der Waals surface area contributed by atoms with E-state index in [9.17, 15) is 4.79 Å². The number of benzene rings is 2. The molecule has 3 aromatic rings. The summed E-state index contributed by atoms with van der Waals surface area (Å²) in [5.74, 6) is 2.21. The Morgan fingerprint density at radius 1 is 1.06 bits per heavy atom. The summed E-state index contributed by atoms with van der Waals surface area (Å²) in [6.45, 7) is 3.88. The molecule has 31 heavy (non-hydrogen) atoms. The fourth-order valence-corrected chi connectivity index (χ4v) is 4.33.